The third-order valence-electron chi connectivity index (χ3n) is 2.60. The van der Waals surface area contributed by atoms with E-state index in [2.05, 4.69) is 9.97 Å². The first-order valence-electron chi connectivity index (χ1n) is 5.16. The van der Waals surface area contributed by atoms with Crippen molar-refractivity contribution in [3.8, 4) is 5.88 Å². The van der Waals surface area contributed by atoms with Crippen LogP contribution in [0.2, 0.25) is 0 Å². The third kappa shape index (κ3) is 1.87. The zero-order chi connectivity index (χ0) is 10.8. The number of nitrogens with one attached hydrogen (secondary N) is 1. The normalized spacial score (nSPS) is 20.7. The number of nitrogens with zero attached hydrogens (tertiary/aromatic N) is 1. The predicted molar refractivity (Wildman–Crippen MR) is 53.8 cm³/mol. The maximum atomic E-state index is 11.5. The van der Waals surface area contributed by atoms with E-state index >= 15 is 0 Å². The summed E-state index contributed by atoms with van der Waals surface area (Å²) in [5.74, 6) is 0.263. The molecular formula is C10H14N2O3. The van der Waals surface area contributed by atoms with Crippen molar-refractivity contribution in [1.82, 2.24) is 9.97 Å². The lowest BCUT2D eigenvalue weighted by atomic mass is 10.2. The van der Waals surface area contributed by atoms with Crippen LogP contribution in [0.5, 0.6) is 5.88 Å². The van der Waals surface area contributed by atoms with E-state index in [1.54, 1.807) is 6.92 Å². The van der Waals surface area contributed by atoms with Crippen molar-refractivity contribution in [3.63, 3.8) is 0 Å². The average Bonchev–Trinajstić information content (AvgIpc) is 2.69. The molecule has 0 spiro atoms. The molecule has 0 aromatic carbocycles. The van der Waals surface area contributed by atoms with Crippen molar-refractivity contribution in [2.45, 2.75) is 32.3 Å². The Bertz CT molecular complexity index is 408. The van der Waals surface area contributed by atoms with Gasteiger partial charge in [-0.1, -0.05) is 6.92 Å². The van der Waals surface area contributed by atoms with Crippen molar-refractivity contribution in [2.75, 3.05) is 6.61 Å². The molecule has 0 aliphatic carbocycles. The molecule has 1 aliphatic heterocycles. The number of rotatable bonds is 2. The summed E-state index contributed by atoms with van der Waals surface area (Å²) in [7, 11) is 0. The molecule has 0 amide bonds. The van der Waals surface area contributed by atoms with Gasteiger partial charge in [-0.25, -0.2) is 0 Å². The fraction of sp³-hybridized carbons (Fsp3) is 0.600. The molecule has 5 heteroatoms. The molecule has 1 saturated heterocycles. The molecule has 5 nitrogen and oxygen atoms in total. The highest BCUT2D eigenvalue weighted by molar-refractivity contribution is 5.22. The fourth-order valence-corrected chi connectivity index (χ4v) is 1.77. The van der Waals surface area contributed by atoms with Gasteiger partial charge in [0.2, 0.25) is 5.88 Å². The summed E-state index contributed by atoms with van der Waals surface area (Å²) in [5.41, 5.74) is 0.0623. The number of aromatic nitrogens is 2. The number of aromatic hydroxyl groups is 1. The molecule has 2 heterocycles. The topological polar surface area (TPSA) is 75.2 Å². The molecule has 0 radical (unpaired) electrons. The van der Waals surface area contributed by atoms with E-state index < -0.39 is 0 Å². The van der Waals surface area contributed by atoms with Crippen molar-refractivity contribution < 1.29 is 9.84 Å². The number of hydrogen-bond acceptors (Lipinski definition) is 4. The third-order valence-corrected chi connectivity index (χ3v) is 2.60. The molecule has 1 atom stereocenters. The first-order valence-corrected chi connectivity index (χ1v) is 5.16. The van der Waals surface area contributed by atoms with Crippen LogP contribution in [0, 0.1) is 0 Å². The van der Waals surface area contributed by atoms with Crippen LogP contribution in [-0.4, -0.2) is 21.7 Å². The van der Waals surface area contributed by atoms with E-state index in [-0.39, 0.29) is 17.5 Å². The summed E-state index contributed by atoms with van der Waals surface area (Å²) in [6.45, 7) is 2.49. The zero-order valence-corrected chi connectivity index (χ0v) is 8.62. The van der Waals surface area contributed by atoms with Crippen molar-refractivity contribution in [2.24, 2.45) is 0 Å². The Morgan fingerprint density at radius 3 is 3.00 bits per heavy atom. The number of hydrogen-bond donors (Lipinski definition) is 2. The van der Waals surface area contributed by atoms with Gasteiger partial charge in [0.1, 0.15) is 11.9 Å². The molecule has 1 aliphatic rings. The number of H-pyrrole nitrogens is 1. The largest absolute Gasteiger partial charge is 0.493 e. The lowest BCUT2D eigenvalue weighted by Crippen LogP contribution is -2.18. The SMILES string of the molecule is CCc1c(O)nc(C2CCCO2)[nH]c1=O. The summed E-state index contributed by atoms with van der Waals surface area (Å²) in [6, 6.07) is 0. The molecule has 1 unspecified atom stereocenters. The Morgan fingerprint density at radius 1 is 1.67 bits per heavy atom. The second-order valence-corrected chi connectivity index (χ2v) is 3.61. The van der Waals surface area contributed by atoms with Gasteiger partial charge in [0.25, 0.3) is 5.56 Å². The number of ether oxygens (including phenoxy) is 1. The van der Waals surface area contributed by atoms with E-state index in [1.165, 1.54) is 0 Å². The van der Waals surface area contributed by atoms with E-state index in [9.17, 15) is 9.90 Å². The van der Waals surface area contributed by atoms with E-state index in [4.69, 9.17) is 4.74 Å². The van der Waals surface area contributed by atoms with Gasteiger partial charge in [0.15, 0.2) is 0 Å². The van der Waals surface area contributed by atoms with Gasteiger partial charge < -0.3 is 14.8 Å². The second-order valence-electron chi connectivity index (χ2n) is 3.61. The number of aromatic amines is 1. The maximum Gasteiger partial charge on any atom is 0.257 e. The van der Waals surface area contributed by atoms with Gasteiger partial charge in [-0.05, 0) is 19.3 Å². The summed E-state index contributed by atoms with van der Waals surface area (Å²) in [6.07, 6.45) is 2.10. The standard InChI is InChI=1S/C10H14N2O3/c1-2-6-9(13)11-8(12-10(6)14)7-4-3-5-15-7/h7H,2-5H2,1H3,(H2,11,12,13,14). The van der Waals surface area contributed by atoms with Gasteiger partial charge in [-0.2, -0.15) is 4.98 Å². The molecule has 1 aromatic heterocycles. The van der Waals surface area contributed by atoms with Gasteiger partial charge >= 0.3 is 0 Å². The smallest absolute Gasteiger partial charge is 0.257 e. The van der Waals surface area contributed by atoms with E-state index in [1.807, 2.05) is 0 Å². The van der Waals surface area contributed by atoms with Gasteiger partial charge in [-0.3, -0.25) is 4.79 Å². The van der Waals surface area contributed by atoms with Crippen molar-refractivity contribution in [1.29, 1.82) is 0 Å². The molecule has 0 saturated carbocycles. The van der Waals surface area contributed by atoms with Crippen LogP contribution in [0.3, 0.4) is 0 Å². The Balaban J connectivity index is 2.38. The Hall–Kier alpha value is -1.36. The zero-order valence-electron chi connectivity index (χ0n) is 8.62. The van der Waals surface area contributed by atoms with Gasteiger partial charge in [0, 0.05) is 6.61 Å². The van der Waals surface area contributed by atoms with E-state index in [0.29, 0.717) is 24.4 Å². The molecule has 2 N–H and O–H groups in total. The van der Waals surface area contributed by atoms with Crippen molar-refractivity contribution in [3.05, 3.63) is 21.7 Å². The summed E-state index contributed by atoms with van der Waals surface area (Å²) < 4.78 is 5.38. The first-order chi connectivity index (χ1) is 7.22. The second kappa shape index (κ2) is 4.02. The van der Waals surface area contributed by atoms with Crippen LogP contribution < -0.4 is 5.56 Å². The monoisotopic (exact) mass is 210 g/mol. The van der Waals surface area contributed by atoms with Crippen molar-refractivity contribution >= 4 is 0 Å². The van der Waals surface area contributed by atoms with Crippen LogP contribution in [0.4, 0.5) is 0 Å². The Labute approximate surface area is 87.1 Å². The Morgan fingerprint density at radius 2 is 2.47 bits per heavy atom. The molecule has 1 aromatic rings. The molecule has 0 bridgehead atoms. The minimum Gasteiger partial charge on any atom is -0.493 e. The predicted octanol–water partition coefficient (Wildman–Crippen LogP) is 0.889. The average molecular weight is 210 g/mol. The van der Waals surface area contributed by atoms with E-state index in [0.717, 1.165) is 12.8 Å². The molecular weight excluding hydrogens is 196 g/mol. The highest BCUT2D eigenvalue weighted by Gasteiger charge is 2.21. The van der Waals surface area contributed by atoms with Crippen LogP contribution in [-0.2, 0) is 11.2 Å². The maximum absolute atomic E-state index is 11.5. The van der Waals surface area contributed by atoms with Gasteiger partial charge in [-0.15, -0.1) is 0 Å². The Kier molecular flexibility index (Phi) is 2.73. The van der Waals surface area contributed by atoms with Crippen LogP contribution >= 0.6 is 0 Å². The minimum absolute atomic E-state index is 0.172. The van der Waals surface area contributed by atoms with Gasteiger partial charge in [0.05, 0.1) is 5.56 Å². The van der Waals surface area contributed by atoms with Crippen LogP contribution in [0.15, 0.2) is 4.79 Å². The highest BCUT2D eigenvalue weighted by Crippen LogP contribution is 2.26. The highest BCUT2D eigenvalue weighted by atomic mass is 16.5. The molecule has 82 valence electrons. The quantitative estimate of drug-likeness (QED) is 0.760. The molecule has 2 rings (SSSR count). The molecule has 15 heavy (non-hydrogen) atoms. The van der Waals surface area contributed by atoms with Crippen LogP contribution in [0.1, 0.15) is 37.3 Å². The summed E-state index contributed by atoms with van der Waals surface area (Å²) >= 11 is 0. The lowest BCUT2D eigenvalue weighted by Gasteiger charge is -2.09. The fourth-order valence-electron chi connectivity index (χ4n) is 1.77. The minimum atomic E-state index is -0.268. The summed E-state index contributed by atoms with van der Waals surface area (Å²) in [5, 5.41) is 9.55. The molecule has 1 fully saturated rings. The summed E-state index contributed by atoms with van der Waals surface area (Å²) in [4.78, 5) is 18.2. The van der Waals surface area contributed by atoms with Crippen LogP contribution in [0.25, 0.3) is 0 Å². The lowest BCUT2D eigenvalue weighted by molar-refractivity contribution is 0.104. The first kappa shape index (κ1) is 10.2.